The lowest BCUT2D eigenvalue weighted by Crippen LogP contribution is -2.42. The van der Waals surface area contributed by atoms with Gasteiger partial charge in [-0.05, 0) is 17.9 Å². The molecule has 1 heterocycles. The fourth-order valence-corrected chi connectivity index (χ4v) is 3.71. The molecule has 2 rings (SSSR count). The van der Waals surface area contributed by atoms with Gasteiger partial charge in [0.15, 0.2) is 4.90 Å². The lowest BCUT2D eigenvalue weighted by Gasteiger charge is -2.16. The number of nitrogens with zero attached hydrogens (tertiary/aromatic N) is 2. The molecule has 0 radical (unpaired) electrons. The molecule has 130 valence electrons. The molecule has 0 saturated carbocycles. The molecule has 1 aromatic carbocycles. The van der Waals surface area contributed by atoms with E-state index in [0.29, 0.717) is 0 Å². The van der Waals surface area contributed by atoms with Crippen molar-refractivity contribution in [2.75, 3.05) is 6.54 Å². The second-order valence-electron chi connectivity index (χ2n) is 5.62. The van der Waals surface area contributed by atoms with Crippen LogP contribution in [-0.2, 0) is 24.1 Å². The molecule has 1 atom stereocenters. The van der Waals surface area contributed by atoms with Gasteiger partial charge < -0.3 is 4.57 Å². The first-order valence-corrected chi connectivity index (χ1v) is 9.07. The first-order valence-electron chi connectivity index (χ1n) is 7.59. The predicted octanol–water partition coefficient (Wildman–Crippen LogP) is 0.556. The highest BCUT2D eigenvalue weighted by Gasteiger charge is 2.22. The molecule has 8 heteroatoms. The highest BCUT2D eigenvalue weighted by Crippen LogP contribution is 2.18. The minimum absolute atomic E-state index is 0.00245. The largest absolute Gasteiger partial charge is 0.330 e. The topological polar surface area (TPSA) is 90.2 Å². The molecule has 0 aliphatic heterocycles. The second-order valence-corrected chi connectivity index (χ2v) is 7.35. The van der Waals surface area contributed by atoms with Crippen molar-refractivity contribution < 1.29 is 8.42 Å². The third-order valence-corrected chi connectivity index (χ3v) is 5.39. The Morgan fingerprint density at radius 3 is 2.33 bits per heavy atom. The molecule has 2 aromatic rings. The van der Waals surface area contributed by atoms with E-state index in [1.807, 2.05) is 37.3 Å². The van der Waals surface area contributed by atoms with Crippen molar-refractivity contribution >= 4 is 10.0 Å². The Labute approximate surface area is 140 Å². The van der Waals surface area contributed by atoms with Crippen molar-refractivity contribution in [1.29, 1.82) is 0 Å². The summed E-state index contributed by atoms with van der Waals surface area (Å²) in [6, 6.07) is 9.57. The molecule has 1 N–H and O–H groups in total. The molecule has 0 saturated heterocycles. The highest BCUT2D eigenvalue weighted by atomic mass is 32.2. The zero-order valence-electron chi connectivity index (χ0n) is 13.9. The summed E-state index contributed by atoms with van der Waals surface area (Å²) in [5, 5.41) is 0. The lowest BCUT2D eigenvalue weighted by molar-refractivity contribution is 0.558. The van der Waals surface area contributed by atoms with Crippen LogP contribution in [0.1, 0.15) is 24.8 Å². The van der Waals surface area contributed by atoms with Crippen LogP contribution in [0.2, 0.25) is 0 Å². The second kappa shape index (κ2) is 7.14. The van der Waals surface area contributed by atoms with Gasteiger partial charge in [0.1, 0.15) is 0 Å². The number of nitrogens with one attached hydrogen (secondary N) is 1. The Morgan fingerprint density at radius 1 is 1.12 bits per heavy atom. The smallest absolute Gasteiger partial charge is 0.302 e. The fourth-order valence-electron chi connectivity index (χ4n) is 2.47. The van der Waals surface area contributed by atoms with Gasteiger partial charge in [0.2, 0.25) is 10.0 Å². The summed E-state index contributed by atoms with van der Waals surface area (Å²) >= 11 is 0. The summed E-state index contributed by atoms with van der Waals surface area (Å²) < 4.78 is 29.3. The van der Waals surface area contributed by atoms with Gasteiger partial charge in [-0.3, -0.25) is 9.36 Å². The SMILES string of the molecule is CC[C@H](CNS(=O)(=O)c1cn(C)c(=O)n(C)c1=O)c1ccccc1. The zero-order chi connectivity index (χ0) is 17.9. The summed E-state index contributed by atoms with van der Waals surface area (Å²) in [6.45, 7) is 2.14. The van der Waals surface area contributed by atoms with Crippen molar-refractivity contribution in [2.24, 2.45) is 14.1 Å². The molecule has 0 aliphatic carbocycles. The van der Waals surface area contributed by atoms with E-state index in [-0.39, 0.29) is 12.5 Å². The predicted molar refractivity (Wildman–Crippen MR) is 91.6 cm³/mol. The van der Waals surface area contributed by atoms with Crippen LogP contribution in [0, 0.1) is 0 Å². The van der Waals surface area contributed by atoms with Gasteiger partial charge in [0, 0.05) is 26.8 Å². The Balaban J connectivity index is 2.30. The average molecular weight is 351 g/mol. The van der Waals surface area contributed by atoms with E-state index in [1.54, 1.807) is 0 Å². The zero-order valence-corrected chi connectivity index (χ0v) is 14.7. The summed E-state index contributed by atoms with van der Waals surface area (Å²) in [7, 11) is -1.35. The van der Waals surface area contributed by atoms with Crippen molar-refractivity contribution in [3.05, 3.63) is 62.9 Å². The third-order valence-electron chi connectivity index (χ3n) is 3.99. The average Bonchev–Trinajstić information content (AvgIpc) is 2.57. The molecular formula is C16H21N3O4S. The summed E-state index contributed by atoms with van der Waals surface area (Å²) in [6.07, 6.45) is 1.80. The lowest BCUT2D eigenvalue weighted by atomic mass is 9.97. The van der Waals surface area contributed by atoms with Crippen LogP contribution in [0.4, 0.5) is 0 Å². The minimum atomic E-state index is -4.01. The van der Waals surface area contributed by atoms with E-state index < -0.39 is 26.2 Å². The van der Waals surface area contributed by atoms with Gasteiger partial charge in [-0.25, -0.2) is 17.9 Å². The fraction of sp³-hybridized carbons (Fsp3) is 0.375. The van der Waals surface area contributed by atoms with E-state index in [1.165, 1.54) is 14.1 Å². The number of aryl methyl sites for hydroxylation is 1. The highest BCUT2D eigenvalue weighted by molar-refractivity contribution is 7.89. The quantitative estimate of drug-likeness (QED) is 0.823. The van der Waals surface area contributed by atoms with Crippen LogP contribution < -0.4 is 16.0 Å². The molecule has 0 spiro atoms. The van der Waals surface area contributed by atoms with E-state index in [4.69, 9.17) is 0 Å². The van der Waals surface area contributed by atoms with Gasteiger partial charge >= 0.3 is 5.69 Å². The Morgan fingerprint density at radius 2 is 1.75 bits per heavy atom. The first-order chi connectivity index (χ1) is 11.3. The normalized spacial score (nSPS) is 13.0. The summed E-state index contributed by atoms with van der Waals surface area (Å²) in [5.74, 6) is -0.00245. The molecular weight excluding hydrogens is 330 g/mol. The standard InChI is InChI=1S/C16H21N3O4S/c1-4-12(13-8-6-5-7-9-13)10-17-24(22,23)14-11-18(2)16(21)19(3)15(14)20/h5-9,11-12,17H,4,10H2,1-3H3/t12-/m1/s1. The Hall–Kier alpha value is -2.19. The maximum Gasteiger partial charge on any atom is 0.330 e. The van der Waals surface area contributed by atoms with Crippen LogP contribution in [0.15, 0.2) is 51.0 Å². The van der Waals surface area contributed by atoms with Crippen LogP contribution in [0.25, 0.3) is 0 Å². The number of benzene rings is 1. The molecule has 1 aromatic heterocycles. The third kappa shape index (κ3) is 3.65. The van der Waals surface area contributed by atoms with Crippen LogP contribution in [-0.4, -0.2) is 24.1 Å². The minimum Gasteiger partial charge on any atom is -0.302 e. The number of aromatic nitrogens is 2. The van der Waals surface area contributed by atoms with Crippen molar-refractivity contribution in [1.82, 2.24) is 13.9 Å². The van der Waals surface area contributed by atoms with Crippen LogP contribution >= 0.6 is 0 Å². The monoisotopic (exact) mass is 351 g/mol. The molecule has 0 fully saturated rings. The molecule has 0 aliphatic rings. The van der Waals surface area contributed by atoms with Gasteiger partial charge in [0.25, 0.3) is 5.56 Å². The molecule has 7 nitrogen and oxygen atoms in total. The maximum absolute atomic E-state index is 12.5. The van der Waals surface area contributed by atoms with Crippen LogP contribution in [0.3, 0.4) is 0 Å². The number of sulfonamides is 1. The maximum atomic E-state index is 12.5. The van der Waals surface area contributed by atoms with E-state index >= 15 is 0 Å². The summed E-state index contributed by atoms with van der Waals surface area (Å²) in [5.41, 5.74) is -0.385. The van der Waals surface area contributed by atoms with E-state index in [9.17, 15) is 18.0 Å². The summed E-state index contributed by atoms with van der Waals surface area (Å²) in [4.78, 5) is 23.3. The van der Waals surface area contributed by atoms with E-state index in [0.717, 1.165) is 27.3 Å². The molecule has 0 amide bonds. The Bertz CT molecular complexity index is 930. The molecule has 0 unspecified atom stereocenters. The molecule has 24 heavy (non-hydrogen) atoms. The number of rotatable bonds is 6. The number of hydrogen-bond acceptors (Lipinski definition) is 4. The number of hydrogen-bond donors (Lipinski definition) is 1. The van der Waals surface area contributed by atoms with Crippen LogP contribution in [0.5, 0.6) is 0 Å². The van der Waals surface area contributed by atoms with Gasteiger partial charge in [-0.2, -0.15) is 0 Å². The van der Waals surface area contributed by atoms with Gasteiger partial charge in [0.05, 0.1) is 0 Å². The van der Waals surface area contributed by atoms with Gasteiger partial charge in [-0.1, -0.05) is 37.3 Å². The Kier molecular flexibility index (Phi) is 5.40. The van der Waals surface area contributed by atoms with Crippen molar-refractivity contribution in [3.63, 3.8) is 0 Å². The van der Waals surface area contributed by atoms with Gasteiger partial charge in [-0.15, -0.1) is 0 Å². The first kappa shape index (κ1) is 18.2. The van der Waals surface area contributed by atoms with Crippen molar-refractivity contribution in [2.45, 2.75) is 24.2 Å². The van der Waals surface area contributed by atoms with E-state index in [2.05, 4.69) is 4.72 Å². The van der Waals surface area contributed by atoms with Crippen molar-refractivity contribution in [3.8, 4) is 0 Å². The molecule has 0 bridgehead atoms.